The molecule has 0 fully saturated rings. The number of amides is 4. The lowest BCUT2D eigenvalue weighted by Crippen LogP contribution is -2.49. The SMILES string of the molecule is CCCCCC(C(=O)NCNC(=O)c1ccc(-c2ccc(C(=O)NC(CC(=O)O)C(=O)O)c(OCC)c2)o1)[C@@H](CC)N(C=O)OC(=O)c1cccc(-n2cccc2)c1. The molecular weight excluding hydrogens is 754 g/mol. The number of ether oxygens (including phenoxy) is 1. The lowest BCUT2D eigenvalue weighted by atomic mass is 9.90. The predicted octanol–water partition coefficient (Wildman–Crippen LogP) is 4.80. The van der Waals surface area contributed by atoms with Gasteiger partial charge >= 0.3 is 17.9 Å². The summed E-state index contributed by atoms with van der Waals surface area (Å²) in [7, 11) is 0. The molecule has 2 aromatic heterocycles. The number of hydrogen-bond donors (Lipinski definition) is 5. The molecule has 5 N–H and O–H groups in total. The first kappa shape index (κ1) is 43.8. The van der Waals surface area contributed by atoms with Crippen LogP contribution in [0.3, 0.4) is 0 Å². The first-order valence-corrected chi connectivity index (χ1v) is 18.8. The molecule has 2 heterocycles. The van der Waals surface area contributed by atoms with Gasteiger partial charge in [-0.25, -0.2) is 9.59 Å². The van der Waals surface area contributed by atoms with Crippen molar-refractivity contribution in [2.24, 2.45) is 5.92 Å². The van der Waals surface area contributed by atoms with Crippen molar-refractivity contribution in [2.45, 2.75) is 71.4 Å². The molecule has 0 aliphatic heterocycles. The molecule has 0 bridgehead atoms. The summed E-state index contributed by atoms with van der Waals surface area (Å²) in [5.74, 6) is -6.29. The van der Waals surface area contributed by atoms with Crippen molar-refractivity contribution in [1.82, 2.24) is 25.6 Å². The quantitative estimate of drug-likeness (QED) is 0.0294. The van der Waals surface area contributed by atoms with E-state index in [0.29, 0.717) is 24.8 Å². The molecule has 0 aliphatic rings. The zero-order valence-electron chi connectivity index (χ0n) is 32.3. The molecule has 2 aromatic carbocycles. The zero-order chi connectivity index (χ0) is 42.2. The molecule has 4 amide bonds. The number of aliphatic carboxylic acids is 2. The van der Waals surface area contributed by atoms with Crippen molar-refractivity contribution in [2.75, 3.05) is 13.3 Å². The Balaban J connectivity index is 1.41. The number of carbonyl (C=O) groups excluding carboxylic acids is 5. The molecule has 0 radical (unpaired) electrons. The van der Waals surface area contributed by atoms with E-state index >= 15 is 0 Å². The van der Waals surface area contributed by atoms with Gasteiger partial charge < -0.3 is 44.7 Å². The van der Waals surface area contributed by atoms with E-state index in [9.17, 15) is 38.7 Å². The average molecular weight is 802 g/mol. The monoisotopic (exact) mass is 801 g/mol. The van der Waals surface area contributed by atoms with Gasteiger partial charge in [-0.3, -0.25) is 24.0 Å². The predicted molar refractivity (Wildman–Crippen MR) is 208 cm³/mol. The fraction of sp³-hybridized carbons (Fsp3) is 0.341. The average Bonchev–Trinajstić information content (AvgIpc) is 3.94. The van der Waals surface area contributed by atoms with Gasteiger partial charge in [-0.2, -0.15) is 5.06 Å². The van der Waals surface area contributed by atoms with Crippen LogP contribution in [-0.2, 0) is 24.0 Å². The highest BCUT2D eigenvalue weighted by atomic mass is 16.7. The second kappa shape index (κ2) is 21.4. The van der Waals surface area contributed by atoms with Crippen molar-refractivity contribution < 1.29 is 57.8 Å². The van der Waals surface area contributed by atoms with Crippen LogP contribution in [-0.4, -0.2) is 87.2 Å². The fourth-order valence-electron chi connectivity index (χ4n) is 6.16. The minimum atomic E-state index is -1.67. The third-order valence-electron chi connectivity index (χ3n) is 9.08. The van der Waals surface area contributed by atoms with Gasteiger partial charge in [0.15, 0.2) is 5.76 Å². The van der Waals surface area contributed by atoms with Crippen LogP contribution in [0, 0.1) is 5.92 Å². The second-order valence-electron chi connectivity index (χ2n) is 13.1. The number of hydrogen-bond acceptors (Lipinski definition) is 10. The summed E-state index contributed by atoms with van der Waals surface area (Å²) in [6.45, 7) is 5.30. The Hall–Kier alpha value is -6.91. The van der Waals surface area contributed by atoms with E-state index in [1.54, 1.807) is 32.0 Å². The van der Waals surface area contributed by atoms with E-state index in [2.05, 4.69) is 16.0 Å². The smallest absolute Gasteiger partial charge is 0.363 e. The third-order valence-corrected chi connectivity index (χ3v) is 9.08. The summed E-state index contributed by atoms with van der Waals surface area (Å²) in [5, 5.41) is 26.7. The van der Waals surface area contributed by atoms with Gasteiger partial charge in [0.05, 0.1) is 42.8 Å². The summed E-state index contributed by atoms with van der Waals surface area (Å²) in [6.07, 6.45) is 6.23. The number of rotatable bonds is 23. The molecule has 0 saturated carbocycles. The third kappa shape index (κ3) is 11.8. The summed E-state index contributed by atoms with van der Waals surface area (Å²) >= 11 is 0. The second-order valence-corrected chi connectivity index (χ2v) is 13.1. The highest BCUT2D eigenvalue weighted by Crippen LogP contribution is 2.29. The minimum Gasteiger partial charge on any atom is -0.493 e. The first-order valence-electron chi connectivity index (χ1n) is 18.8. The molecule has 3 atom stereocenters. The molecule has 308 valence electrons. The molecule has 2 unspecified atom stereocenters. The Bertz CT molecular complexity index is 2060. The van der Waals surface area contributed by atoms with Gasteiger partial charge in [0, 0.05) is 23.6 Å². The lowest BCUT2D eigenvalue weighted by Gasteiger charge is -2.31. The van der Waals surface area contributed by atoms with Gasteiger partial charge in [0.2, 0.25) is 12.3 Å². The summed E-state index contributed by atoms with van der Waals surface area (Å²) < 4.78 is 13.2. The number of carboxylic acids is 2. The lowest BCUT2D eigenvalue weighted by molar-refractivity contribution is -0.171. The molecule has 0 spiro atoms. The molecule has 58 heavy (non-hydrogen) atoms. The number of carbonyl (C=O) groups is 7. The van der Waals surface area contributed by atoms with Crippen LogP contribution < -0.4 is 20.7 Å². The summed E-state index contributed by atoms with van der Waals surface area (Å²) in [6, 6.07) is 15.1. The molecule has 4 aromatic rings. The van der Waals surface area contributed by atoms with E-state index in [0.717, 1.165) is 23.6 Å². The number of unbranched alkanes of at least 4 members (excludes halogenated alkanes) is 2. The highest BCUT2D eigenvalue weighted by molar-refractivity contribution is 6.00. The Morgan fingerprint density at radius 2 is 1.66 bits per heavy atom. The number of nitrogens with zero attached hydrogens (tertiary/aromatic N) is 2. The maximum absolute atomic E-state index is 13.6. The van der Waals surface area contributed by atoms with Gasteiger partial charge in [0.25, 0.3) is 11.8 Å². The number of carboxylic acid groups (broad SMARTS) is 2. The van der Waals surface area contributed by atoms with Gasteiger partial charge in [-0.15, -0.1) is 0 Å². The van der Waals surface area contributed by atoms with Crippen molar-refractivity contribution in [1.29, 1.82) is 0 Å². The van der Waals surface area contributed by atoms with E-state index in [-0.39, 0.29) is 48.1 Å². The topological polar surface area (TPSA) is 236 Å². The number of hydroxylamine groups is 2. The highest BCUT2D eigenvalue weighted by Gasteiger charge is 2.34. The van der Waals surface area contributed by atoms with E-state index in [1.807, 2.05) is 42.1 Å². The molecule has 4 rings (SSSR count). The number of nitrogens with one attached hydrogen (secondary N) is 3. The van der Waals surface area contributed by atoms with Crippen LogP contribution in [0.2, 0.25) is 0 Å². The van der Waals surface area contributed by atoms with Crippen LogP contribution >= 0.6 is 0 Å². The van der Waals surface area contributed by atoms with Gasteiger partial charge in [-0.05, 0) is 74.4 Å². The molecule has 0 saturated heterocycles. The Labute approximate surface area is 334 Å². The molecule has 0 aliphatic carbocycles. The van der Waals surface area contributed by atoms with Gasteiger partial charge in [-0.1, -0.05) is 45.2 Å². The van der Waals surface area contributed by atoms with Crippen LogP contribution in [0.15, 0.2) is 83.5 Å². The van der Waals surface area contributed by atoms with E-state index in [1.165, 1.54) is 30.3 Å². The number of benzene rings is 2. The van der Waals surface area contributed by atoms with Crippen molar-refractivity contribution in [3.05, 3.63) is 96.0 Å². The first-order chi connectivity index (χ1) is 27.9. The summed E-state index contributed by atoms with van der Waals surface area (Å²) in [5.41, 5.74) is 1.29. The molecule has 17 nitrogen and oxygen atoms in total. The van der Waals surface area contributed by atoms with Gasteiger partial charge in [0.1, 0.15) is 17.6 Å². The molecular formula is C41H47N5O12. The Morgan fingerprint density at radius 1 is 0.897 bits per heavy atom. The van der Waals surface area contributed by atoms with Crippen molar-refractivity contribution in [3.63, 3.8) is 0 Å². The zero-order valence-corrected chi connectivity index (χ0v) is 32.3. The number of aromatic nitrogens is 1. The minimum absolute atomic E-state index is 0.0475. The largest absolute Gasteiger partial charge is 0.493 e. The fourth-order valence-corrected chi connectivity index (χ4v) is 6.16. The van der Waals surface area contributed by atoms with Crippen LogP contribution in [0.25, 0.3) is 17.0 Å². The van der Waals surface area contributed by atoms with Crippen LogP contribution in [0.5, 0.6) is 5.75 Å². The normalized spacial score (nSPS) is 12.3. The van der Waals surface area contributed by atoms with Crippen LogP contribution in [0.4, 0.5) is 0 Å². The Kier molecular flexibility index (Phi) is 16.2. The summed E-state index contributed by atoms with van der Waals surface area (Å²) in [4.78, 5) is 93.2. The standard InChI is InChI=1S/C41H47N5O12/c1-4-7-8-14-29(32(5-2)46(25-47)58-41(55)27-12-11-13-28(21-27)45-19-9-10-20-45)37(50)42-24-43-39(52)34-18-17-33(57-34)26-15-16-30(35(22-26)56-6-3)38(51)44-31(40(53)54)23-36(48)49/h9-13,15-22,25,29,31-32H,4-8,14,23-24H2,1-3H3,(H,42,50)(H,43,52)(H,44,51)(H,48,49)(H,53,54)/t29?,31?,32-/m1/s1. The van der Waals surface area contributed by atoms with Crippen molar-refractivity contribution in [3.8, 4) is 22.8 Å². The Morgan fingerprint density at radius 3 is 2.31 bits per heavy atom. The van der Waals surface area contributed by atoms with Crippen LogP contribution in [0.1, 0.15) is 90.6 Å². The maximum Gasteiger partial charge on any atom is 0.363 e. The number of furan rings is 1. The van der Waals surface area contributed by atoms with E-state index in [4.69, 9.17) is 19.1 Å². The molecule has 17 heteroatoms. The van der Waals surface area contributed by atoms with E-state index < -0.39 is 60.1 Å². The van der Waals surface area contributed by atoms with Crippen molar-refractivity contribution >= 4 is 42.0 Å². The maximum atomic E-state index is 13.6.